The monoisotopic (exact) mass is 325 g/mol. The van der Waals surface area contributed by atoms with Crippen molar-refractivity contribution in [2.24, 2.45) is 11.3 Å². The van der Waals surface area contributed by atoms with Crippen molar-refractivity contribution >= 4 is 27.5 Å². The van der Waals surface area contributed by atoms with Crippen molar-refractivity contribution in [1.29, 1.82) is 0 Å². The summed E-state index contributed by atoms with van der Waals surface area (Å²) >= 11 is 3.65. The zero-order valence-corrected chi connectivity index (χ0v) is 12.7. The Morgan fingerprint density at radius 2 is 2.11 bits per heavy atom. The molecule has 1 aliphatic carbocycles. The number of fused-ring (bicyclic) bond motifs is 1. The largest absolute Gasteiger partial charge is 0.326 e. The van der Waals surface area contributed by atoms with Gasteiger partial charge in [0.2, 0.25) is 5.91 Å². The smallest absolute Gasteiger partial charge is 0.224 e. The van der Waals surface area contributed by atoms with Gasteiger partial charge in [0.05, 0.1) is 0 Å². The summed E-state index contributed by atoms with van der Waals surface area (Å²) in [7, 11) is 0. The van der Waals surface area contributed by atoms with E-state index in [4.69, 9.17) is 0 Å². The Hall–Kier alpha value is -0.900. The van der Waals surface area contributed by atoms with Crippen molar-refractivity contribution in [1.82, 2.24) is 0 Å². The third kappa shape index (κ3) is 2.31. The van der Waals surface area contributed by atoms with Gasteiger partial charge in [-0.25, -0.2) is 4.39 Å². The third-order valence-corrected chi connectivity index (χ3v) is 5.49. The number of hydrogen-bond acceptors (Lipinski definition) is 1. The van der Waals surface area contributed by atoms with E-state index in [9.17, 15) is 9.18 Å². The number of benzene rings is 1. The van der Waals surface area contributed by atoms with Gasteiger partial charge in [0, 0.05) is 22.5 Å². The quantitative estimate of drug-likeness (QED) is 0.811. The van der Waals surface area contributed by atoms with Gasteiger partial charge in [0.1, 0.15) is 5.82 Å². The third-order valence-electron chi connectivity index (χ3n) is 4.36. The lowest BCUT2D eigenvalue weighted by Gasteiger charge is -2.20. The zero-order chi connectivity index (χ0) is 13.8. The molecule has 4 heteroatoms. The van der Waals surface area contributed by atoms with Crippen LogP contribution in [0.4, 0.5) is 10.1 Å². The highest BCUT2D eigenvalue weighted by molar-refractivity contribution is 9.09. The highest BCUT2D eigenvalue weighted by atomic mass is 79.9. The molecule has 0 bridgehead atoms. The summed E-state index contributed by atoms with van der Waals surface area (Å²) in [6.07, 6.45) is 2.30. The molecule has 1 N–H and O–H groups in total. The molecule has 102 valence electrons. The standard InChI is InChI=1S/C15H17BrFNO/c1-15(2)7-10(15)14(16)9-5-8-3-4-13(19)18-12(8)6-11(9)17/h5-6,10,14H,3-4,7H2,1-2H3,(H,18,19). The molecular formula is C15H17BrFNO. The Morgan fingerprint density at radius 1 is 1.42 bits per heavy atom. The van der Waals surface area contributed by atoms with Crippen molar-refractivity contribution in [2.75, 3.05) is 5.32 Å². The Bertz CT molecular complexity index is 555. The van der Waals surface area contributed by atoms with Crippen LogP contribution < -0.4 is 5.32 Å². The van der Waals surface area contributed by atoms with E-state index in [1.165, 1.54) is 6.07 Å². The minimum absolute atomic E-state index is 0.0293. The number of carbonyl (C=O) groups excluding carboxylic acids is 1. The second-order valence-electron chi connectivity index (χ2n) is 6.28. The molecule has 0 spiro atoms. The highest BCUT2D eigenvalue weighted by Crippen LogP contribution is 2.60. The van der Waals surface area contributed by atoms with Gasteiger partial charge in [0.15, 0.2) is 0 Å². The van der Waals surface area contributed by atoms with E-state index in [0.29, 0.717) is 29.9 Å². The fourth-order valence-corrected chi connectivity index (χ4v) is 4.11. The van der Waals surface area contributed by atoms with Crippen LogP contribution in [-0.4, -0.2) is 5.91 Å². The van der Waals surface area contributed by atoms with Crippen LogP contribution in [0, 0.1) is 17.2 Å². The first-order valence-electron chi connectivity index (χ1n) is 6.65. The summed E-state index contributed by atoms with van der Waals surface area (Å²) in [4.78, 5) is 11.4. The van der Waals surface area contributed by atoms with Crippen molar-refractivity contribution in [3.63, 3.8) is 0 Å². The SMILES string of the molecule is CC1(C)CC1C(Br)c1cc2c(cc1F)NC(=O)CC2. The lowest BCUT2D eigenvalue weighted by atomic mass is 9.96. The Morgan fingerprint density at radius 3 is 2.74 bits per heavy atom. The van der Waals surface area contributed by atoms with E-state index in [1.807, 2.05) is 6.07 Å². The number of amides is 1. The second kappa shape index (κ2) is 4.30. The normalized spacial score (nSPS) is 25.5. The van der Waals surface area contributed by atoms with Crippen LogP contribution in [0.2, 0.25) is 0 Å². The van der Waals surface area contributed by atoms with Crippen LogP contribution in [0.25, 0.3) is 0 Å². The minimum Gasteiger partial charge on any atom is -0.326 e. The molecule has 1 aromatic carbocycles. The molecule has 1 aromatic rings. The summed E-state index contributed by atoms with van der Waals surface area (Å²) in [5, 5.41) is 2.73. The van der Waals surface area contributed by atoms with Crippen molar-refractivity contribution in [2.45, 2.75) is 37.9 Å². The van der Waals surface area contributed by atoms with Crippen molar-refractivity contribution in [3.8, 4) is 0 Å². The van der Waals surface area contributed by atoms with Gasteiger partial charge in [0.25, 0.3) is 0 Å². The lowest BCUT2D eigenvalue weighted by molar-refractivity contribution is -0.116. The van der Waals surface area contributed by atoms with Gasteiger partial charge in [-0.15, -0.1) is 0 Å². The van der Waals surface area contributed by atoms with E-state index in [2.05, 4.69) is 35.1 Å². The van der Waals surface area contributed by atoms with Crippen LogP contribution in [0.3, 0.4) is 0 Å². The molecule has 1 amide bonds. The van der Waals surface area contributed by atoms with E-state index in [-0.39, 0.29) is 16.6 Å². The van der Waals surface area contributed by atoms with Crippen molar-refractivity contribution < 1.29 is 9.18 Å². The van der Waals surface area contributed by atoms with Gasteiger partial charge in [-0.1, -0.05) is 29.8 Å². The van der Waals surface area contributed by atoms with Crippen molar-refractivity contribution in [3.05, 3.63) is 29.1 Å². The average molecular weight is 326 g/mol. The minimum atomic E-state index is -0.231. The molecule has 0 radical (unpaired) electrons. The van der Waals surface area contributed by atoms with Gasteiger partial charge >= 0.3 is 0 Å². The molecular weight excluding hydrogens is 309 g/mol. The number of anilines is 1. The summed E-state index contributed by atoms with van der Waals surface area (Å²) in [6, 6.07) is 3.38. The number of aryl methyl sites for hydroxylation is 1. The van der Waals surface area contributed by atoms with Crippen LogP contribution in [0.15, 0.2) is 12.1 Å². The summed E-state index contributed by atoms with van der Waals surface area (Å²) in [5.41, 5.74) is 2.70. The Labute approximate surface area is 120 Å². The molecule has 2 aliphatic rings. The van der Waals surface area contributed by atoms with Crippen LogP contribution in [0.1, 0.15) is 42.6 Å². The van der Waals surface area contributed by atoms with E-state index >= 15 is 0 Å². The topological polar surface area (TPSA) is 29.1 Å². The molecule has 1 heterocycles. The van der Waals surface area contributed by atoms with E-state index in [1.54, 1.807) is 0 Å². The summed E-state index contributed by atoms with van der Waals surface area (Å²) in [6.45, 7) is 4.42. The highest BCUT2D eigenvalue weighted by Gasteiger charge is 2.50. The van der Waals surface area contributed by atoms with Crippen LogP contribution in [0.5, 0.6) is 0 Å². The molecule has 1 aliphatic heterocycles. The molecule has 2 unspecified atom stereocenters. The zero-order valence-electron chi connectivity index (χ0n) is 11.1. The first-order valence-corrected chi connectivity index (χ1v) is 7.56. The second-order valence-corrected chi connectivity index (χ2v) is 7.27. The number of carbonyl (C=O) groups is 1. The van der Waals surface area contributed by atoms with Gasteiger partial charge in [-0.3, -0.25) is 4.79 Å². The number of hydrogen-bond donors (Lipinski definition) is 1. The van der Waals surface area contributed by atoms with Gasteiger partial charge < -0.3 is 5.32 Å². The first kappa shape index (κ1) is 13.1. The molecule has 1 fully saturated rings. The maximum Gasteiger partial charge on any atom is 0.224 e. The fraction of sp³-hybridized carbons (Fsp3) is 0.533. The van der Waals surface area contributed by atoms with E-state index in [0.717, 1.165) is 17.5 Å². The molecule has 0 aromatic heterocycles. The number of halogens is 2. The maximum atomic E-state index is 14.2. The summed E-state index contributed by atoms with van der Waals surface area (Å²) in [5.74, 6) is 0.224. The predicted molar refractivity (Wildman–Crippen MR) is 76.9 cm³/mol. The number of rotatable bonds is 2. The molecule has 0 saturated heterocycles. The first-order chi connectivity index (χ1) is 8.88. The fourth-order valence-electron chi connectivity index (χ4n) is 2.86. The molecule has 1 saturated carbocycles. The maximum absolute atomic E-state index is 14.2. The number of alkyl halides is 1. The van der Waals surface area contributed by atoms with Crippen LogP contribution >= 0.6 is 15.9 Å². The number of nitrogens with one attached hydrogen (secondary N) is 1. The van der Waals surface area contributed by atoms with E-state index < -0.39 is 0 Å². The predicted octanol–water partition coefficient (Wildman–Crippen LogP) is 4.19. The summed E-state index contributed by atoms with van der Waals surface area (Å²) < 4.78 is 14.2. The average Bonchev–Trinajstić information content (AvgIpc) is 2.96. The molecule has 19 heavy (non-hydrogen) atoms. The van der Waals surface area contributed by atoms with Gasteiger partial charge in [-0.05, 0) is 41.9 Å². The molecule has 2 atom stereocenters. The Kier molecular flexibility index (Phi) is 2.97. The molecule has 3 rings (SSSR count). The molecule has 2 nitrogen and oxygen atoms in total. The van der Waals surface area contributed by atoms with Gasteiger partial charge in [-0.2, -0.15) is 0 Å². The Balaban J connectivity index is 1.93. The van der Waals surface area contributed by atoms with Crippen LogP contribution in [-0.2, 0) is 11.2 Å². The lowest BCUT2D eigenvalue weighted by Crippen LogP contribution is -2.19.